The van der Waals surface area contributed by atoms with Gasteiger partial charge in [-0.25, -0.2) is 0 Å². The summed E-state index contributed by atoms with van der Waals surface area (Å²) in [6.07, 6.45) is 6.16. The largest absolute Gasteiger partial charge is 0.342 e. The average Bonchev–Trinajstić information content (AvgIpc) is 2.81. The summed E-state index contributed by atoms with van der Waals surface area (Å²) < 4.78 is 0. The summed E-state index contributed by atoms with van der Waals surface area (Å²) in [5.74, 6) is 3.01. The number of carbonyl (C=O) groups is 1. The third-order valence-electron chi connectivity index (χ3n) is 5.29. The lowest BCUT2D eigenvalue weighted by atomic mass is 9.90. The molecule has 3 fully saturated rings. The molecule has 2 saturated carbocycles. The predicted molar refractivity (Wildman–Crippen MR) is 67.3 cm³/mol. The molecular weight excluding hydrogens is 212 g/mol. The maximum Gasteiger partial charge on any atom is 0.226 e. The van der Waals surface area contributed by atoms with E-state index in [-0.39, 0.29) is 6.04 Å². The first-order valence-electron chi connectivity index (χ1n) is 7.23. The summed E-state index contributed by atoms with van der Waals surface area (Å²) in [6.45, 7) is 3.98. The minimum Gasteiger partial charge on any atom is -0.342 e. The molecule has 0 spiro atoms. The predicted octanol–water partition coefficient (Wildman–Crippen LogP) is 1.62. The van der Waals surface area contributed by atoms with Gasteiger partial charge in [-0.2, -0.15) is 0 Å². The number of nitrogens with two attached hydrogens (primary N) is 1. The minimum absolute atomic E-state index is 0.285. The van der Waals surface area contributed by atoms with E-state index in [0.717, 1.165) is 37.8 Å². The van der Waals surface area contributed by atoms with Gasteiger partial charge in [-0.1, -0.05) is 6.42 Å². The van der Waals surface area contributed by atoms with Gasteiger partial charge in [0.15, 0.2) is 0 Å². The molecule has 1 amide bonds. The van der Waals surface area contributed by atoms with Crippen LogP contribution in [0.25, 0.3) is 0 Å². The van der Waals surface area contributed by atoms with Crippen molar-refractivity contribution < 1.29 is 4.79 Å². The van der Waals surface area contributed by atoms with E-state index in [9.17, 15) is 4.79 Å². The Labute approximate surface area is 104 Å². The van der Waals surface area contributed by atoms with Crippen LogP contribution in [0.4, 0.5) is 0 Å². The zero-order chi connectivity index (χ0) is 12.0. The number of nitrogens with zero attached hydrogens (tertiary/aromatic N) is 1. The van der Waals surface area contributed by atoms with Crippen molar-refractivity contribution in [3.63, 3.8) is 0 Å². The van der Waals surface area contributed by atoms with Gasteiger partial charge in [0.1, 0.15) is 0 Å². The van der Waals surface area contributed by atoms with Gasteiger partial charge in [0.2, 0.25) is 5.91 Å². The van der Waals surface area contributed by atoms with Crippen LogP contribution in [0.2, 0.25) is 0 Å². The molecule has 3 heteroatoms. The molecular formula is C14H24N2O. The first-order chi connectivity index (χ1) is 8.18. The Kier molecular flexibility index (Phi) is 2.89. The lowest BCUT2D eigenvalue weighted by Gasteiger charge is -2.34. The Bertz CT molecular complexity index is 297. The summed E-state index contributed by atoms with van der Waals surface area (Å²) in [4.78, 5) is 14.5. The lowest BCUT2D eigenvalue weighted by molar-refractivity contribution is -0.134. The minimum atomic E-state index is 0.285. The van der Waals surface area contributed by atoms with Gasteiger partial charge in [0.25, 0.3) is 0 Å². The molecule has 3 unspecified atom stereocenters. The van der Waals surface area contributed by atoms with Gasteiger partial charge in [-0.05, 0) is 50.4 Å². The number of rotatable bonds is 2. The van der Waals surface area contributed by atoms with Crippen LogP contribution in [0.5, 0.6) is 0 Å². The van der Waals surface area contributed by atoms with Gasteiger partial charge >= 0.3 is 0 Å². The second-order valence-electron chi connectivity index (χ2n) is 6.31. The highest BCUT2D eigenvalue weighted by atomic mass is 16.2. The van der Waals surface area contributed by atoms with Crippen molar-refractivity contribution in [1.29, 1.82) is 0 Å². The Balaban J connectivity index is 1.52. The Morgan fingerprint density at radius 2 is 1.76 bits per heavy atom. The van der Waals surface area contributed by atoms with Crippen molar-refractivity contribution in [3.8, 4) is 0 Å². The van der Waals surface area contributed by atoms with Crippen LogP contribution in [-0.2, 0) is 4.79 Å². The van der Waals surface area contributed by atoms with Crippen LogP contribution in [0.15, 0.2) is 0 Å². The maximum atomic E-state index is 12.3. The van der Waals surface area contributed by atoms with E-state index in [2.05, 4.69) is 11.8 Å². The van der Waals surface area contributed by atoms with Crippen molar-refractivity contribution >= 4 is 5.91 Å². The fraction of sp³-hybridized carbons (Fsp3) is 0.929. The molecule has 0 aromatic rings. The molecule has 17 heavy (non-hydrogen) atoms. The molecule has 3 atom stereocenters. The SMILES string of the molecule is CC(N)C1CCN(C(=O)C2C3CCCC32)CC1. The Morgan fingerprint density at radius 3 is 2.29 bits per heavy atom. The summed E-state index contributed by atoms with van der Waals surface area (Å²) >= 11 is 0. The number of hydrogen-bond acceptors (Lipinski definition) is 2. The lowest BCUT2D eigenvalue weighted by Crippen LogP contribution is -2.43. The van der Waals surface area contributed by atoms with Gasteiger partial charge < -0.3 is 10.6 Å². The van der Waals surface area contributed by atoms with Crippen molar-refractivity contribution in [3.05, 3.63) is 0 Å². The third-order valence-corrected chi connectivity index (χ3v) is 5.29. The Hall–Kier alpha value is -0.570. The van der Waals surface area contributed by atoms with Crippen LogP contribution in [0, 0.1) is 23.7 Å². The third kappa shape index (κ3) is 1.99. The maximum absolute atomic E-state index is 12.3. The van der Waals surface area contributed by atoms with E-state index in [0.29, 0.717) is 17.7 Å². The molecule has 1 saturated heterocycles. The molecule has 0 aromatic carbocycles. The number of amides is 1. The molecule has 3 aliphatic rings. The van der Waals surface area contributed by atoms with E-state index >= 15 is 0 Å². The van der Waals surface area contributed by atoms with Crippen molar-refractivity contribution in [2.24, 2.45) is 29.4 Å². The quantitative estimate of drug-likeness (QED) is 0.792. The standard InChI is InChI=1S/C14H24N2O/c1-9(15)10-5-7-16(8-6-10)14(17)13-11-3-2-4-12(11)13/h9-13H,2-8,15H2,1H3. The van der Waals surface area contributed by atoms with Crippen LogP contribution in [0.3, 0.4) is 0 Å². The van der Waals surface area contributed by atoms with Gasteiger partial charge in [-0.3, -0.25) is 4.79 Å². The van der Waals surface area contributed by atoms with E-state index in [4.69, 9.17) is 5.73 Å². The first-order valence-corrected chi connectivity index (χ1v) is 7.23. The normalized spacial score (nSPS) is 38.9. The summed E-state index contributed by atoms with van der Waals surface area (Å²) in [5.41, 5.74) is 5.93. The smallest absolute Gasteiger partial charge is 0.226 e. The number of hydrogen-bond donors (Lipinski definition) is 1. The molecule has 3 nitrogen and oxygen atoms in total. The van der Waals surface area contributed by atoms with Crippen LogP contribution in [0.1, 0.15) is 39.0 Å². The second-order valence-corrected chi connectivity index (χ2v) is 6.31. The molecule has 1 heterocycles. The zero-order valence-electron chi connectivity index (χ0n) is 10.8. The van der Waals surface area contributed by atoms with Crippen LogP contribution >= 0.6 is 0 Å². The fourth-order valence-electron chi connectivity index (χ4n) is 4.04. The highest BCUT2D eigenvalue weighted by molar-refractivity contribution is 5.82. The molecule has 2 aliphatic carbocycles. The zero-order valence-corrected chi connectivity index (χ0v) is 10.8. The molecule has 0 aromatic heterocycles. The van der Waals surface area contributed by atoms with Gasteiger partial charge in [-0.15, -0.1) is 0 Å². The monoisotopic (exact) mass is 236 g/mol. The van der Waals surface area contributed by atoms with Crippen LogP contribution in [-0.4, -0.2) is 29.9 Å². The van der Waals surface area contributed by atoms with Gasteiger partial charge in [0, 0.05) is 25.0 Å². The van der Waals surface area contributed by atoms with E-state index in [1.807, 2.05) is 0 Å². The summed E-state index contributed by atoms with van der Waals surface area (Å²) in [7, 11) is 0. The molecule has 0 bridgehead atoms. The van der Waals surface area contributed by atoms with Crippen molar-refractivity contribution in [1.82, 2.24) is 4.90 Å². The van der Waals surface area contributed by atoms with E-state index in [1.54, 1.807) is 0 Å². The molecule has 2 N–H and O–H groups in total. The summed E-state index contributed by atoms with van der Waals surface area (Å²) in [5, 5.41) is 0. The highest BCUT2D eigenvalue weighted by Crippen LogP contribution is 2.58. The topological polar surface area (TPSA) is 46.3 Å². The number of piperidine rings is 1. The fourth-order valence-corrected chi connectivity index (χ4v) is 4.04. The van der Waals surface area contributed by atoms with E-state index < -0.39 is 0 Å². The average molecular weight is 236 g/mol. The second kappa shape index (κ2) is 4.27. The van der Waals surface area contributed by atoms with Crippen molar-refractivity contribution in [2.45, 2.75) is 45.1 Å². The number of likely N-dealkylation sites (tertiary alicyclic amines) is 1. The summed E-state index contributed by atoms with van der Waals surface area (Å²) in [6, 6.07) is 0.285. The Morgan fingerprint density at radius 1 is 1.18 bits per heavy atom. The van der Waals surface area contributed by atoms with Gasteiger partial charge in [0.05, 0.1) is 0 Å². The molecule has 3 rings (SSSR count). The van der Waals surface area contributed by atoms with E-state index in [1.165, 1.54) is 19.3 Å². The molecule has 96 valence electrons. The highest BCUT2D eigenvalue weighted by Gasteiger charge is 2.57. The molecule has 0 radical (unpaired) electrons. The van der Waals surface area contributed by atoms with Crippen molar-refractivity contribution in [2.75, 3.05) is 13.1 Å². The van der Waals surface area contributed by atoms with Crippen LogP contribution < -0.4 is 5.73 Å². The first kappa shape index (κ1) is 11.5. The molecule has 1 aliphatic heterocycles. The number of carbonyl (C=O) groups excluding carboxylic acids is 1. The number of fused-ring (bicyclic) bond motifs is 1.